The summed E-state index contributed by atoms with van der Waals surface area (Å²) in [6, 6.07) is 6.34. The normalized spacial score (nSPS) is 12.7. The molecule has 0 aliphatic rings. The number of aliphatic hydroxyl groups excluding tert-OH is 1. The van der Waals surface area contributed by atoms with E-state index >= 15 is 0 Å². The van der Waals surface area contributed by atoms with E-state index < -0.39 is 0 Å². The number of methoxy groups -OCH3 is 1. The molecule has 96 valence electrons. The van der Waals surface area contributed by atoms with Crippen LogP contribution in [0.5, 0.6) is 0 Å². The quantitative estimate of drug-likeness (QED) is 0.710. The number of ether oxygens (including phenoxy) is 1. The fourth-order valence-corrected chi connectivity index (χ4v) is 1.89. The minimum atomic E-state index is -0.370. The summed E-state index contributed by atoms with van der Waals surface area (Å²) in [6.07, 6.45) is 0.351. The van der Waals surface area contributed by atoms with Gasteiger partial charge in [-0.05, 0) is 43.5 Å². The first-order valence-electron chi connectivity index (χ1n) is 6.08. The van der Waals surface area contributed by atoms with Crippen LogP contribution in [0.25, 0.3) is 0 Å². The van der Waals surface area contributed by atoms with Crippen molar-refractivity contribution in [3.05, 3.63) is 34.9 Å². The Morgan fingerprint density at radius 2 is 1.94 bits per heavy atom. The maximum absolute atomic E-state index is 9.49. The minimum Gasteiger partial charge on any atom is -0.391 e. The highest BCUT2D eigenvalue weighted by atomic mass is 16.5. The molecule has 1 atom stereocenters. The zero-order valence-corrected chi connectivity index (χ0v) is 11.0. The van der Waals surface area contributed by atoms with E-state index in [4.69, 9.17) is 4.74 Å². The number of hydrogen-bond donors (Lipinski definition) is 2. The van der Waals surface area contributed by atoms with Crippen LogP contribution in [0, 0.1) is 13.8 Å². The van der Waals surface area contributed by atoms with Gasteiger partial charge in [-0.3, -0.25) is 0 Å². The maximum Gasteiger partial charge on any atom is 0.0785 e. The summed E-state index contributed by atoms with van der Waals surface area (Å²) in [5.41, 5.74) is 3.98. The summed E-state index contributed by atoms with van der Waals surface area (Å²) in [5, 5.41) is 12.8. The summed E-state index contributed by atoms with van der Waals surface area (Å²) in [5.74, 6) is 0. The predicted molar refractivity (Wildman–Crippen MR) is 70.1 cm³/mol. The first-order chi connectivity index (χ1) is 8.15. The van der Waals surface area contributed by atoms with Crippen LogP contribution in [-0.4, -0.2) is 31.5 Å². The van der Waals surface area contributed by atoms with E-state index in [0.29, 0.717) is 6.61 Å². The number of benzene rings is 1. The Morgan fingerprint density at radius 1 is 1.29 bits per heavy atom. The monoisotopic (exact) mass is 237 g/mol. The third-order valence-electron chi connectivity index (χ3n) is 2.96. The lowest BCUT2D eigenvalue weighted by atomic mass is 10.0. The van der Waals surface area contributed by atoms with E-state index in [1.165, 1.54) is 16.7 Å². The molecule has 0 spiro atoms. The lowest BCUT2D eigenvalue weighted by Gasteiger charge is -2.12. The minimum absolute atomic E-state index is 0.370. The standard InChI is InChI=1S/C14H23NO2/c1-11-5-4-6-12(2)14(11)9-15-8-7-13(16)10-17-3/h4-6,13,15-16H,7-10H2,1-3H3. The van der Waals surface area contributed by atoms with Crippen molar-refractivity contribution in [1.82, 2.24) is 5.32 Å². The molecule has 0 fully saturated rings. The van der Waals surface area contributed by atoms with Crippen molar-refractivity contribution in [3.63, 3.8) is 0 Å². The van der Waals surface area contributed by atoms with Gasteiger partial charge in [0.25, 0.3) is 0 Å². The van der Waals surface area contributed by atoms with Gasteiger partial charge in [0, 0.05) is 13.7 Å². The highest BCUT2D eigenvalue weighted by Gasteiger charge is 2.04. The van der Waals surface area contributed by atoms with Crippen molar-refractivity contribution in [2.45, 2.75) is 32.9 Å². The zero-order chi connectivity index (χ0) is 12.7. The Labute approximate surface area is 104 Å². The van der Waals surface area contributed by atoms with Gasteiger partial charge >= 0.3 is 0 Å². The summed E-state index contributed by atoms with van der Waals surface area (Å²) in [6.45, 7) is 6.33. The first kappa shape index (κ1) is 14.2. The van der Waals surface area contributed by atoms with Crippen molar-refractivity contribution in [2.24, 2.45) is 0 Å². The fraction of sp³-hybridized carbons (Fsp3) is 0.571. The van der Waals surface area contributed by atoms with Gasteiger partial charge in [-0.25, -0.2) is 0 Å². The van der Waals surface area contributed by atoms with Crippen LogP contribution in [0.1, 0.15) is 23.1 Å². The second-order valence-electron chi connectivity index (χ2n) is 4.44. The number of nitrogens with one attached hydrogen (secondary N) is 1. The zero-order valence-electron chi connectivity index (χ0n) is 11.0. The van der Waals surface area contributed by atoms with Crippen LogP contribution in [0.15, 0.2) is 18.2 Å². The molecule has 0 aliphatic carbocycles. The van der Waals surface area contributed by atoms with Gasteiger partial charge in [0.1, 0.15) is 0 Å². The van der Waals surface area contributed by atoms with Crippen molar-refractivity contribution in [3.8, 4) is 0 Å². The molecule has 17 heavy (non-hydrogen) atoms. The lowest BCUT2D eigenvalue weighted by molar-refractivity contribution is 0.0594. The molecule has 1 unspecified atom stereocenters. The SMILES string of the molecule is COCC(O)CCNCc1c(C)cccc1C. The average Bonchev–Trinajstić information content (AvgIpc) is 2.28. The molecule has 0 radical (unpaired) electrons. The van der Waals surface area contributed by atoms with Gasteiger partial charge in [-0.1, -0.05) is 18.2 Å². The molecule has 1 aromatic rings. The lowest BCUT2D eigenvalue weighted by Crippen LogP contribution is -2.23. The van der Waals surface area contributed by atoms with Crippen molar-refractivity contribution >= 4 is 0 Å². The second-order valence-corrected chi connectivity index (χ2v) is 4.44. The molecule has 3 nitrogen and oxygen atoms in total. The Hall–Kier alpha value is -0.900. The van der Waals surface area contributed by atoms with Crippen molar-refractivity contribution in [2.75, 3.05) is 20.3 Å². The number of aryl methyl sites for hydroxylation is 2. The average molecular weight is 237 g/mol. The van der Waals surface area contributed by atoms with Crippen LogP contribution in [-0.2, 0) is 11.3 Å². The molecule has 0 saturated carbocycles. The van der Waals surface area contributed by atoms with Crippen LogP contribution < -0.4 is 5.32 Å². The number of hydrogen-bond acceptors (Lipinski definition) is 3. The predicted octanol–water partition coefficient (Wildman–Crippen LogP) is 1.79. The van der Waals surface area contributed by atoms with Gasteiger partial charge in [0.15, 0.2) is 0 Å². The van der Waals surface area contributed by atoms with Gasteiger partial charge < -0.3 is 15.2 Å². The molecular weight excluding hydrogens is 214 g/mol. The Balaban J connectivity index is 2.31. The summed E-state index contributed by atoms with van der Waals surface area (Å²) in [4.78, 5) is 0. The summed E-state index contributed by atoms with van der Waals surface area (Å²) < 4.78 is 4.88. The third kappa shape index (κ3) is 4.86. The van der Waals surface area contributed by atoms with Crippen molar-refractivity contribution < 1.29 is 9.84 Å². The van der Waals surface area contributed by atoms with Gasteiger partial charge in [0.2, 0.25) is 0 Å². The molecule has 0 amide bonds. The van der Waals surface area contributed by atoms with E-state index in [1.54, 1.807) is 7.11 Å². The molecule has 3 heteroatoms. The molecular formula is C14H23NO2. The van der Waals surface area contributed by atoms with Crippen LogP contribution in [0.2, 0.25) is 0 Å². The smallest absolute Gasteiger partial charge is 0.0785 e. The molecule has 0 aromatic heterocycles. The molecule has 0 aliphatic heterocycles. The first-order valence-corrected chi connectivity index (χ1v) is 6.08. The molecule has 2 N–H and O–H groups in total. The Morgan fingerprint density at radius 3 is 2.53 bits per heavy atom. The van der Waals surface area contributed by atoms with E-state index in [9.17, 15) is 5.11 Å². The number of aliphatic hydroxyl groups is 1. The van der Waals surface area contributed by atoms with Gasteiger partial charge in [-0.15, -0.1) is 0 Å². The third-order valence-corrected chi connectivity index (χ3v) is 2.96. The van der Waals surface area contributed by atoms with E-state index in [1.807, 2.05) is 0 Å². The van der Waals surface area contributed by atoms with E-state index in [0.717, 1.165) is 19.5 Å². The van der Waals surface area contributed by atoms with Crippen LogP contribution >= 0.6 is 0 Å². The number of rotatable bonds is 7. The highest BCUT2D eigenvalue weighted by molar-refractivity contribution is 5.33. The molecule has 0 saturated heterocycles. The Bertz CT molecular complexity index is 319. The largest absolute Gasteiger partial charge is 0.391 e. The maximum atomic E-state index is 9.49. The molecule has 1 aromatic carbocycles. The molecule has 0 bridgehead atoms. The Kier molecular flexibility index (Phi) is 6.19. The van der Waals surface area contributed by atoms with Crippen LogP contribution in [0.4, 0.5) is 0 Å². The van der Waals surface area contributed by atoms with Gasteiger partial charge in [-0.2, -0.15) is 0 Å². The van der Waals surface area contributed by atoms with E-state index in [-0.39, 0.29) is 6.10 Å². The second kappa shape index (κ2) is 7.43. The highest BCUT2D eigenvalue weighted by Crippen LogP contribution is 2.12. The van der Waals surface area contributed by atoms with Gasteiger partial charge in [0.05, 0.1) is 12.7 Å². The molecule has 0 heterocycles. The van der Waals surface area contributed by atoms with Crippen LogP contribution in [0.3, 0.4) is 0 Å². The fourth-order valence-electron chi connectivity index (χ4n) is 1.89. The topological polar surface area (TPSA) is 41.5 Å². The van der Waals surface area contributed by atoms with Crippen molar-refractivity contribution in [1.29, 1.82) is 0 Å². The summed E-state index contributed by atoms with van der Waals surface area (Å²) >= 11 is 0. The summed E-state index contributed by atoms with van der Waals surface area (Å²) in [7, 11) is 1.60. The molecule has 1 rings (SSSR count). The van der Waals surface area contributed by atoms with E-state index in [2.05, 4.69) is 37.4 Å².